The SMILES string of the molecule is COCCOc1ccccc1-c1cccc2c1CCC2N. The first-order valence-electron chi connectivity index (χ1n) is 7.39. The van der Waals surface area contributed by atoms with E-state index < -0.39 is 0 Å². The van der Waals surface area contributed by atoms with Gasteiger partial charge in [0.2, 0.25) is 0 Å². The standard InChI is InChI=1S/C18H21NO2/c1-20-11-12-21-18-8-3-2-5-16(18)13-6-4-7-15-14(13)9-10-17(15)19/h2-8,17H,9-12,19H2,1H3. The Morgan fingerprint density at radius 2 is 1.86 bits per heavy atom. The average Bonchev–Trinajstić information content (AvgIpc) is 2.90. The summed E-state index contributed by atoms with van der Waals surface area (Å²) in [5.41, 5.74) is 11.2. The second kappa shape index (κ2) is 6.29. The van der Waals surface area contributed by atoms with Crippen LogP contribution in [0.5, 0.6) is 5.75 Å². The highest BCUT2D eigenvalue weighted by atomic mass is 16.5. The fourth-order valence-electron chi connectivity index (χ4n) is 2.99. The number of hydrogen-bond donors (Lipinski definition) is 1. The molecule has 1 unspecified atom stereocenters. The van der Waals surface area contributed by atoms with Crippen molar-refractivity contribution in [2.75, 3.05) is 20.3 Å². The van der Waals surface area contributed by atoms with Crippen molar-refractivity contribution in [2.24, 2.45) is 5.73 Å². The van der Waals surface area contributed by atoms with Crippen LogP contribution in [0.1, 0.15) is 23.6 Å². The van der Waals surface area contributed by atoms with E-state index in [0.29, 0.717) is 13.2 Å². The summed E-state index contributed by atoms with van der Waals surface area (Å²) in [6, 6.07) is 14.7. The Morgan fingerprint density at radius 3 is 2.71 bits per heavy atom. The third kappa shape index (κ3) is 2.80. The van der Waals surface area contributed by atoms with Crippen LogP contribution in [0.4, 0.5) is 0 Å². The van der Waals surface area contributed by atoms with Crippen LogP contribution in [0.15, 0.2) is 42.5 Å². The zero-order valence-corrected chi connectivity index (χ0v) is 12.3. The number of methoxy groups -OCH3 is 1. The molecule has 0 amide bonds. The summed E-state index contributed by atoms with van der Waals surface area (Å²) in [7, 11) is 1.68. The van der Waals surface area contributed by atoms with E-state index in [4.69, 9.17) is 15.2 Å². The quantitative estimate of drug-likeness (QED) is 0.856. The third-order valence-corrected chi connectivity index (χ3v) is 4.04. The molecule has 0 spiro atoms. The van der Waals surface area contributed by atoms with Crippen molar-refractivity contribution < 1.29 is 9.47 Å². The van der Waals surface area contributed by atoms with Gasteiger partial charge < -0.3 is 15.2 Å². The van der Waals surface area contributed by atoms with E-state index in [1.807, 2.05) is 18.2 Å². The number of fused-ring (bicyclic) bond motifs is 1. The molecule has 0 aromatic heterocycles. The number of ether oxygens (including phenoxy) is 2. The fourth-order valence-corrected chi connectivity index (χ4v) is 2.99. The molecule has 0 bridgehead atoms. The normalized spacial score (nSPS) is 16.8. The van der Waals surface area contributed by atoms with Crippen LogP contribution in [0.25, 0.3) is 11.1 Å². The van der Waals surface area contributed by atoms with Gasteiger partial charge in [0.05, 0.1) is 6.61 Å². The minimum absolute atomic E-state index is 0.168. The van der Waals surface area contributed by atoms with Crippen molar-refractivity contribution in [3.63, 3.8) is 0 Å². The van der Waals surface area contributed by atoms with E-state index in [2.05, 4.69) is 24.3 Å². The fraction of sp³-hybridized carbons (Fsp3) is 0.333. The zero-order chi connectivity index (χ0) is 14.7. The van der Waals surface area contributed by atoms with Gasteiger partial charge in [-0.3, -0.25) is 0 Å². The number of hydrogen-bond acceptors (Lipinski definition) is 3. The highest BCUT2D eigenvalue weighted by Crippen LogP contribution is 2.39. The van der Waals surface area contributed by atoms with Crippen molar-refractivity contribution in [1.29, 1.82) is 0 Å². The Morgan fingerprint density at radius 1 is 1.05 bits per heavy atom. The molecule has 0 radical (unpaired) electrons. The van der Waals surface area contributed by atoms with Gasteiger partial charge >= 0.3 is 0 Å². The molecule has 0 fully saturated rings. The largest absolute Gasteiger partial charge is 0.491 e. The van der Waals surface area contributed by atoms with E-state index in [1.54, 1.807) is 7.11 Å². The molecule has 110 valence electrons. The van der Waals surface area contributed by atoms with Crippen LogP contribution < -0.4 is 10.5 Å². The molecule has 3 heteroatoms. The molecule has 0 aliphatic heterocycles. The summed E-state index contributed by atoms with van der Waals surface area (Å²) in [4.78, 5) is 0. The molecule has 2 aromatic carbocycles. The summed E-state index contributed by atoms with van der Waals surface area (Å²) in [6.45, 7) is 1.15. The molecule has 1 atom stereocenters. The second-order valence-electron chi connectivity index (χ2n) is 5.36. The number of benzene rings is 2. The molecule has 0 saturated carbocycles. The third-order valence-electron chi connectivity index (χ3n) is 4.04. The number of para-hydroxylation sites is 1. The Hall–Kier alpha value is -1.84. The Labute approximate surface area is 125 Å². The highest BCUT2D eigenvalue weighted by molar-refractivity contribution is 5.75. The van der Waals surface area contributed by atoms with Crippen molar-refractivity contribution in [2.45, 2.75) is 18.9 Å². The molecule has 0 saturated heterocycles. The topological polar surface area (TPSA) is 44.5 Å². The smallest absolute Gasteiger partial charge is 0.127 e. The first-order chi connectivity index (χ1) is 10.3. The first kappa shape index (κ1) is 14.1. The summed E-state index contributed by atoms with van der Waals surface area (Å²) >= 11 is 0. The van der Waals surface area contributed by atoms with Gasteiger partial charge in [0.1, 0.15) is 12.4 Å². The first-order valence-corrected chi connectivity index (χ1v) is 7.39. The Bertz CT molecular complexity index is 624. The Balaban J connectivity index is 1.98. The van der Waals surface area contributed by atoms with Crippen LogP contribution in [0.2, 0.25) is 0 Å². The maximum Gasteiger partial charge on any atom is 0.127 e. The maximum atomic E-state index is 6.18. The lowest BCUT2D eigenvalue weighted by atomic mass is 9.96. The highest BCUT2D eigenvalue weighted by Gasteiger charge is 2.22. The molecule has 1 aliphatic carbocycles. The summed E-state index contributed by atoms with van der Waals surface area (Å²) in [5, 5.41) is 0. The van der Waals surface area contributed by atoms with Crippen LogP contribution >= 0.6 is 0 Å². The molecular formula is C18H21NO2. The van der Waals surface area contributed by atoms with Gasteiger partial charge in [0.15, 0.2) is 0 Å². The van der Waals surface area contributed by atoms with E-state index in [-0.39, 0.29) is 6.04 Å². The summed E-state index contributed by atoms with van der Waals surface area (Å²) in [5.74, 6) is 0.906. The lowest BCUT2D eigenvalue weighted by Gasteiger charge is -2.14. The van der Waals surface area contributed by atoms with E-state index in [9.17, 15) is 0 Å². The molecule has 2 N–H and O–H groups in total. The van der Waals surface area contributed by atoms with Crippen LogP contribution in [0.3, 0.4) is 0 Å². The molecule has 2 aromatic rings. The monoisotopic (exact) mass is 283 g/mol. The molecular weight excluding hydrogens is 262 g/mol. The predicted octanol–water partition coefficient (Wildman–Crippen LogP) is 3.32. The van der Waals surface area contributed by atoms with Gasteiger partial charge in [-0.2, -0.15) is 0 Å². The van der Waals surface area contributed by atoms with Crippen LogP contribution in [-0.2, 0) is 11.2 Å². The average molecular weight is 283 g/mol. The minimum atomic E-state index is 0.168. The summed E-state index contributed by atoms with van der Waals surface area (Å²) < 4.78 is 10.9. The van der Waals surface area contributed by atoms with Gasteiger partial charge in [0.25, 0.3) is 0 Å². The van der Waals surface area contributed by atoms with Crippen molar-refractivity contribution in [1.82, 2.24) is 0 Å². The van der Waals surface area contributed by atoms with Gasteiger partial charge in [-0.05, 0) is 35.6 Å². The molecule has 21 heavy (non-hydrogen) atoms. The van der Waals surface area contributed by atoms with E-state index >= 15 is 0 Å². The molecule has 3 rings (SSSR count). The van der Waals surface area contributed by atoms with Crippen LogP contribution in [-0.4, -0.2) is 20.3 Å². The second-order valence-corrected chi connectivity index (χ2v) is 5.36. The van der Waals surface area contributed by atoms with Gasteiger partial charge in [-0.25, -0.2) is 0 Å². The molecule has 3 nitrogen and oxygen atoms in total. The lowest BCUT2D eigenvalue weighted by Crippen LogP contribution is -2.06. The minimum Gasteiger partial charge on any atom is -0.491 e. The van der Waals surface area contributed by atoms with Crippen LogP contribution in [0, 0.1) is 0 Å². The maximum absolute atomic E-state index is 6.18. The van der Waals surface area contributed by atoms with Gasteiger partial charge in [0, 0.05) is 18.7 Å². The zero-order valence-electron chi connectivity index (χ0n) is 12.3. The Kier molecular flexibility index (Phi) is 4.23. The lowest BCUT2D eigenvalue weighted by molar-refractivity contribution is 0.146. The van der Waals surface area contributed by atoms with Crippen molar-refractivity contribution in [3.05, 3.63) is 53.6 Å². The van der Waals surface area contributed by atoms with Gasteiger partial charge in [-0.15, -0.1) is 0 Å². The number of nitrogens with two attached hydrogens (primary N) is 1. The predicted molar refractivity (Wildman–Crippen MR) is 84.5 cm³/mol. The molecule has 0 heterocycles. The van der Waals surface area contributed by atoms with Crippen molar-refractivity contribution >= 4 is 0 Å². The number of rotatable bonds is 5. The van der Waals surface area contributed by atoms with E-state index in [0.717, 1.165) is 24.2 Å². The van der Waals surface area contributed by atoms with E-state index in [1.165, 1.54) is 16.7 Å². The molecule has 1 aliphatic rings. The summed E-state index contributed by atoms with van der Waals surface area (Å²) in [6.07, 6.45) is 2.07. The van der Waals surface area contributed by atoms with Crippen molar-refractivity contribution in [3.8, 4) is 16.9 Å². The van der Waals surface area contributed by atoms with Gasteiger partial charge in [-0.1, -0.05) is 36.4 Å².